The molecule has 4 saturated carbocycles. The molecule has 0 atom stereocenters. The summed E-state index contributed by atoms with van der Waals surface area (Å²) in [5.41, 5.74) is -0.395. The number of hydrogen-bond acceptors (Lipinski definition) is 3. The van der Waals surface area contributed by atoms with E-state index in [1.807, 2.05) is 34.6 Å². The van der Waals surface area contributed by atoms with Gasteiger partial charge in [0.2, 0.25) is 0 Å². The predicted octanol–water partition coefficient (Wildman–Crippen LogP) is 4.79. The Hall–Kier alpha value is -0.570. The second-order valence-corrected chi connectivity index (χ2v) is 7.85. The van der Waals surface area contributed by atoms with Crippen LogP contribution in [0, 0.1) is 29.1 Å². The Morgan fingerprint density at radius 3 is 1.95 bits per heavy atom. The Morgan fingerprint density at radius 2 is 1.50 bits per heavy atom. The molecule has 0 spiro atoms. The SMILES string of the molecule is CC.CCC(C)(C)C(=O)OCOC1C2CC3CC(C2)CC1C3. The van der Waals surface area contributed by atoms with Crippen LogP contribution in [0.2, 0.25) is 0 Å². The highest BCUT2D eigenvalue weighted by atomic mass is 16.7. The van der Waals surface area contributed by atoms with E-state index in [-0.39, 0.29) is 12.8 Å². The van der Waals surface area contributed by atoms with Crippen molar-refractivity contribution in [2.75, 3.05) is 6.79 Å². The van der Waals surface area contributed by atoms with Gasteiger partial charge in [0.1, 0.15) is 0 Å². The van der Waals surface area contributed by atoms with E-state index in [1.54, 1.807) is 0 Å². The average molecular weight is 310 g/mol. The molecule has 0 aromatic rings. The van der Waals surface area contributed by atoms with Gasteiger partial charge in [-0.3, -0.25) is 4.79 Å². The maximum Gasteiger partial charge on any atom is 0.313 e. The maximum absolute atomic E-state index is 11.9. The lowest BCUT2D eigenvalue weighted by Gasteiger charge is -2.53. The fourth-order valence-electron chi connectivity index (χ4n) is 4.65. The standard InChI is InChI=1S/C17H28O3.C2H6/c1-4-17(2,3)16(18)20-10-19-15-13-6-11-5-12(8-13)9-14(15)7-11;1-2/h11-15H,4-10H2,1-3H3;1-2H3. The van der Waals surface area contributed by atoms with Crippen molar-refractivity contribution in [2.24, 2.45) is 29.1 Å². The summed E-state index contributed by atoms with van der Waals surface area (Å²) in [7, 11) is 0. The van der Waals surface area contributed by atoms with E-state index in [0.29, 0.717) is 6.10 Å². The van der Waals surface area contributed by atoms with E-state index in [1.165, 1.54) is 32.1 Å². The summed E-state index contributed by atoms with van der Waals surface area (Å²) in [5.74, 6) is 3.23. The van der Waals surface area contributed by atoms with Gasteiger partial charge in [-0.05, 0) is 76.0 Å². The van der Waals surface area contributed by atoms with Crippen LogP contribution in [0.5, 0.6) is 0 Å². The summed E-state index contributed by atoms with van der Waals surface area (Å²) in [6, 6.07) is 0. The zero-order valence-electron chi connectivity index (χ0n) is 15.1. The number of ether oxygens (including phenoxy) is 2. The van der Waals surface area contributed by atoms with E-state index >= 15 is 0 Å². The molecular formula is C19H34O3. The largest absolute Gasteiger partial charge is 0.438 e. The lowest BCUT2D eigenvalue weighted by molar-refractivity contribution is -0.193. The number of rotatable bonds is 5. The molecule has 4 aliphatic rings. The van der Waals surface area contributed by atoms with Gasteiger partial charge in [0, 0.05) is 0 Å². The fourth-order valence-corrected chi connectivity index (χ4v) is 4.65. The molecule has 0 N–H and O–H groups in total. The molecule has 0 aromatic heterocycles. The molecule has 0 unspecified atom stereocenters. The van der Waals surface area contributed by atoms with Crippen molar-refractivity contribution in [1.29, 1.82) is 0 Å². The molecule has 4 bridgehead atoms. The number of carbonyl (C=O) groups excluding carboxylic acids is 1. The molecule has 3 heteroatoms. The van der Waals surface area contributed by atoms with Gasteiger partial charge in [0.15, 0.2) is 6.79 Å². The van der Waals surface area contributed by atoms with Crippen molar-refractivity contribution >= 4 is 5.97 Å². The first-order valence-electron chi connectivity index (χ1n) is 9.28. The third-order valence-corrected chi connectivity index (χ3v) is 6.03. The van der Waals surface area contributed by atoms with Crippen LogP contribution in [0.15, 0.2) is 0 Å². The third kappa shape index (κ3) is 3.67. The molecular weight excluding hydrogens is 276 g/mol. The Balaban J connectivity index is 0.000000847. The van der Waals surface area contributed by atoms with E-state index in [2.05, 4.69) is 0 Å². The van der Waals surface area contributed by atoms with Crippen molar-refractivity contribution in [3.8, 4) is 0 Å². The smallest absolute Gasteiger partial charge is 0.313 e. The van der Waals surface area contributed by atoms with Crippen LogP contribution < -0.4 is 0 Å². The lowest BCUT2D eigenvalue weighted by Crippen LogP contribution is -2.49. The van der Waals surface area contributed by atoms with Crippen LogP contribution in [0.25, 0.3) is 0 Å². The zero-order valence-corrected chi connectivity index (χ0v) is 15.1. The molecule has 4 aliphatic carbocycles. The molecule has 0 amide bonds. The van der Waals surface area contributed by atoms with Gasteiger partial charge in [0.25, 0.3) is 0 Å². The second-order valence-electron chi connectivity index (χ2n) is 7.85. The summed E-state index contributed by atoms with van der Waals surface area (Å²) in [4.78, 5) is 11.9. The van der Waals surface area contributed by atoms with E-state index in [4.69, 9.17) is 9.47 Å². The quantitative estimate of drug-likeness (QED) is 0.541. The Kier molecular flexibility index (Phi) is 5.93. The average Bonchev–Trinajstić information content (AvgIpc) is 2.51. The predicted molar refractivity (Wildman–Crippen MR) is 88.3 cm³/mol. The van der Waals surface area contributed by atoms with Crippen LogP contribution in [0.3, 0.4) is 0 Å². The molecule has 22 heavy (non-hydrogen) atoms. The lowest BCUT2D eigenvalue weighted by atomic mass is 9.55. The van der Waals surface area contributed by atoms with Gasteiger partial charge in [-0.1, -0.05) is 20.8 Å². The minimum atomic E-state index is -0.395. The second kappa shape index (κ2) is 7.33. The first-order valence-corrected chi connectivity index (χ1v) is 9.28. The Labute approximate surface area is 136 Å². The minimum Gasteiger partial charge on any atom is -0.438 e. The molecule has 0 heterocycles. The summed E-state index contributed by atoms with van der Waals surface area (Å²) in [6.07, 6.45) is 7.96. The van der Waals surface area contributed by atoms with Crippen LogP contribution in [-0.2, 0) is 14.3 Å². The Morgan fingerprint density at radius 1 is 1.00 bits per heavy atom. The van der Waals surface area contributed by atoms with Gasteiger partial charge >= 0.3 is 5.97 Å². The van der Waals surface area contributed by atoms with Gasteiger partial charge in [-0.15, -0.1) is 0 Å². The molecule has 3 nitrogen and oxygen atoms in total. The first-order chi connectivity index (χ1) is 10.5. The molecule has 0 radical (unpaired) electrons. The maximum atomic E-state index is 11.9. The monoisotopic (exact) mass is 310 g/mol. The van der Waals surface area contributed by atoms with Gasteiger partial charge < -0.3 is 9.47 Å². The van der Waals surface area contributed by atoms with Gasteiger partial charge in [0.05, 0.1) is 11.5 Å². The third-order valence-electron chi connectivity index (χ3n) is 6.03. The summed E-state index contributed by atoms with van der Waals surface area (Å²) in [5, 5.41) is 0. The van der Waals surface area contributed by atoms with Crippen molar-refractivity contribution < 1.29 is 14.3 Å². The summed E-state index contributed by atoms with van der Waals surface area (Å²) >= 11 is 0. The van der Waals surface area contributed by atoms with Crippen LogP contribution in [0.4, 0.5) is 0 Å². The van der Waals surface area contributed by atoms with Crippen molar-refractivity contribution in [1.82, 2.24) is 0 Å². The van der Waals surface area contributed by atoms with E-state index in [0.717, 1.165) is 30.1 Å². The summed E-state index contributed by atoms with van der Waals surface area (Å²) < 4.78 is 11.3. The minimum absolute atomic E-state index is 0.135. The Bertz CT molecular complexity index is 347. The number of hydrogen-bond donors (Lipinski definition) is 0. The molecule has 128 valence electrons. The van der Waals surface area contributed by atoms with E-state index in [9.17, 15) is 4.79 Å². The van der Waals surface area contributed by atoms with Gasteiger partial charge in [-0.2, -0.15) is 0 Å². The highest BCUT2D eigenvalue weighted by molar-refractivity contribution is 5.75. The molecule has 0 aromatic carbocycles. The topological polar surface area (TPSA) is 35.5 Å². The van der Waals surface area contributed by atoms with Crippen molar-refractivity contribution in [2.45, 2.75) is 79.2 Å². The molecule has 0 aliphatic heterocycles. The van der Waals surface area contributed by atoms with E-state index < -0.39 is 5.41 Å². The van der Waals surface area contributed by atoms with Crippen LogP contribution in [0.1, 0.15) is 73.1 Å². The fraction of sp³-hybridized carbons (Fsp3) is 0.947. The zero-order chi connectivity index (χ0) is 16.3. The van der Waals surface area contributed by atoms with Crippen molar-refractivity contribution in [3.63, 3.8) is 0 Å². The normalized spacial score (nSPS) is 35.8. The highest BCUT2D eigenvalue weighted by Gasteiger charge is 2.48. The number of esters is 1. The number of carbonyl (C=O) groups is 1. The highest BCUT2D eigenvalue weighted by Crippen LogP contribution is 2.54. The van der Waals surface area contributed by atoms with Crippen molar-refractivity contribution in [3.05, 3.63) is 0 Å². The summed E-state index contributed by atoms with van der Waals surface area (Å²) in [6.45, 7) is 10.0. The molecule has 4 rings (SSSR count). The first kappa shape index (κ1) is 17.8. The molecule has 0 saturated heterocycles. The van der Waals surface area contributed by atoms with Crippen LogP contribution in [-0.4, -0.2) is 18.9 Å². The van der Waals surface area contributed by atoms with Crippen LogP contribution >= 0.6 is 0 Å². The molecule has 4 fully saturated rings. The van der Waals surface area contributed by atoms with Gasteiger partial charge in [-0.25, -0.2) is 0 Å².